The highest BCUT2D eigenvalue weighted by Gasteiger charge is 2.06. The van der Waals surface area contributed by atoms with E-state index in [-0.39, 0.29) is 0 Å². The zero-order valence-corrected chi connectivity index (χ0v) is 11.6. The molecule has 2 aromatic heterocycles. The highest BCUT2D eigenvalue weighted by Crippen LogP contribution is 2.26. The van der Waals surface area contributed by atoms with Crippen molar-refractivity contribution in [2.24, 2.45) is 0 Å². The second-order valence-electron chi connectivity index (χ2n) is 4.28. The van der Waals surface area contributed by atoms with Crippen LogP contribution < -0.4 is 5.32 Å². The first kappa shape index (κ1) is 12.0. The van der Waals surface area contributed by atoms with Crippen LogP contribution in [-0.2, 0) is 0 Å². The van der Waals surface area contributed by atoms with E-state index in [9.17, 15) is 0 Å². The molecule has 0 aliphatic heterocycles. The number of aromatic amines is 1. The number of imidazole rings is 1. The topological polar surface area (TPSA) is 53.6 Å². The van der Waals surface area contributed by atoms with Crippen LogP contribution in [0.25, 0.3) is 11.0 Å². The summed E-state index contributed by atoms with van der Waals surface area (Å²) in [5.74, 6) is 0.858. The summed E-state index contributed by atoms with van der Waals surface area (Å²) in [5.41, 5.74) is 3.27. The van der Waals surface area contributed by atoms with E-state index >= 15 is 0 Å². The van der Waals surface area contributed by atoms with E-state index in [1.165, 1.54) is 17.3 Å². The Hall–Kier alpha value is -2.01. The lowest BCUT2D eigenvalue weighted by Gasteiger charge is -2.01. The summed E-state index contributed by atoms with van der Waals surface area (Å²) in [6.45, 7) is 2.07. The van der Waals surface area contributed by atoms with E-state index in [4.69, 9.17) is 0 Å². The van der Waals surface area contributed by atoms with Gasteiger partial charge < -0.3 is 10.3 Å². The molecule has 0 saturated heterocycles. The highest BCUT2D eigenvalue weighted by atomic mass is 32.2. The van der Waals surface area contributed by atoms with E-state index in [0.717, 1.165) is 27.0 Å². The average molecular weight is 270 g/mol. The predicted molar refractivity (Wildman–Crippen MR) is 78.7 cm³/mol. The number of fused-ring (bicyclic) bond motifs is 1. The Morgan fingerprint density at radius 3 is 2.89 bits per heavy atom. The summed E-state index contributed by atoms with van der Waals surface area (Å²) in [6, 6.07) is 12.1. The van der Waals surface area contributed by atoms with Gasteiger partial charge in [0.15, 0.2) is 5.16 Å². The standard InChI is InChI=1S/C14H14N4S/c1-9-6-7-10-11(8-9)17-14(16-10)19-13-5-3-4-12(15-2)18-13/h3-8H,1-2H3,(H,15,18)(H,16,17). The van der Waals surface area contributed by atoms with Gasteiger partial charge in [-0.05, 0) is 48.5 Å². The fourth-order valence-electron chi connectivity index (χ4n) is 1.86. The molecule has 1 aromatic carbocycles. The van der Waals surface area contributed by atoms with Crippen LogP contribution in [-0.4, -0.2) is 22.0 Å². The van der Waals surface area contributed by atoms with Crippen LogP contribution in [0.5, 0.6) is 0 Å². The van der Waals surface area contributed by atoms with Gasteiger partial charge in [-0.2, -0.15) is 0 Å². The average Bonchev–Trinajstić information content (AvgIpc) is 2.80. The minimum Gasteiger partial charge on any atom is -0.373 e. The van der Waals surface area contributed by atoms with Crippen LogP contribution in [0, 0.1) is 6.92 Å². The van der Waals surface area contributed by atoms with Crippen LogP contribution >= 0.6 is 11.8 Å². The number of anilines is 1. The molecule has 0 fully saturated rings. The van der Waals surface area contributed by atoms with E-state index in [0.29, 0.717) is 0 Å². The summed E-state index contributed by atoms with van der Waals surface area (Å²) in [7, 11) is 1.86. The van der Waals surface area contributed by atoms with Crippen molar-refractivity contribution in [1.82, 2.24) is 15.0 Å². The number of aryl methyl sites for hydroxylation is 1. The number of benzene rings is 1. The Labute approximate surface area is 115 Å². The third kappa shape index (κ3) is 2.56. The summed E-state index contributed by atoms with van der Waals surface area (Å²) in [4.78, 5) is 12.3. The molecule has 19 heavy (non-hydrogen) atoms. The number of pyridine rings is 1. The predicted octanol–water partition coefficient (Wildman–Crippen LogP) is 3.46. The van der Waals surface area contributed by atoms with Crippen LogP contribution in [0.4, 0.5) is 5.82 Å². The molecule has 0 bridgehead atoms. The van der Waals surface area contributed by atoms with Crippen molar-refractivity contribution in [2.75, 3.05) is 12.4 Å². The van der Waals surface area contributed by atoms with Crippen LogP contribution in [0.2, 0.25) is 0 Å². The second kappa shape index (κ2) is 4.93. The molecule has 0 radical (unpaired) electrons. The van der Waals surface area contributed by atoms with E-state index in [1.54, 1.807) is 0 Å². The number of H-pyrrole nitrogens is 1. The largest absolute Gasteiger partial charge is 0.373 e. The first-order valence-corrected chi connectivity index (χ1v) is 6.85. The molecular formula is C14H14N4S. The number of hydrogen-bond acceptors (Lipinski definition) is 4. The van der Waals surface area contributed by atoms with E-state index in [2.05, 4.69) is 39.3 Å². The van der Waals surface area contributed by atoms with E-state index in [1.807, 2.05) is 31.3 Å². The summed E-state index contributed by atoms with van der Waals surface area (Å²) in [6.07, 6.45) is 0. The van der Waals surface area contributed by atoms with Gasteiger partial charge in [-0.25, -0.2) is 9.97 Å². The Balaban J connectivity index is 1.92. The van der Waals surface area contributed by atoms with Gasteiger partial charge in [0.2, 0.25) is 0 Å². The Morgan fingerprint density at radius 1 is 1.16 bits per heavy atom. The highest BCUT2D eigenvalue weighted by molar-refractivity contribution is 7.99. The minimum absolute atomic E-state index is 0.858. The molecular weight excluding hydrogens is 256 g/mol. The molecule has 0 saturated carbocycles. The van der Waals surface area contributed by atoms with Crippen molar-refractivity contribution in [1.29, 1.82) is 0 Å². The molecule has 96 valence electrons. The normalized spacial score (nSPS) is 10.8. The maximum Gasteiger partial charge on any atom is 0.172 e. The maximum atomic E-state index is 4.55. The molecule has 2 heterocycles. The first-order valence-electron chi connectivity index (χ1n) is 6.03. The van der Waals surface area contributed by atoms with Gasteiger partial charge >= 0.3 is 0 Å². The molecule has 0 amide bonds. The monoisotopic (exact) mass is 270 g/mol. The smallest absolute Gasteiger partial charge is 0.172 e. The molecule has 0 aliphatic carbocycles. The number of rotatable bonds is 3. The number of nitrogens with zero attached hydrogens (tertiary/aromatic N) is 2. The minimum atomic E-state index is 0.858. The maximum absolute atomic E-state index is 4.55. The molecule has 0 aliphatic rings. The molecule has 3 aromatic rings. The Morgan fingerprint density at radius 2 is 2.05 bits per heavy atom. The first-order chi connectivity index (χ1) is 9.24. The van der Waals surface area contributed by atoms with Crippen molar-refractivity contribution in [3.05, 3.63) is 42.0 Å². The molecule has 2 N–H and O–H groups in total. The van der Waals surface area contributed by atoms with Crippen molar-refractivity contribution in [2.45, 2.75) is 17.1 Å². The number of nitrogens with one attached hydrogen (secondary N) is 2. The molecule has 0 unspecified atom stereocenters. The molecule has 5 heteroatoms. The van der Waals surface area contributed by atoms with Gasteiger partial charge in [0.05, 0.1) is 11.0 Å². The number of hydrogen-bond donors (Lipinski definition) is 2. The zero-order valence-electron chi connectivity index (χ0n) is 10.8. The van der Waals surface area contributed by atoms with Crippen LogP contribution in [0.1, 0.15) is 5.56 Å². The molecule has 3 rings (SSSR count). The lowest BCUT2D eigenvalue weighted by Crippen LogP contribution is -1.92. The van der Waals surface area contributed by atoms with Crippen LogP contribution in [0.15, 0.2) is 46.6 Å². The second-order valence-corrected chi connectivity index (χ2v) is 5.28. The summed E-state index contributed by atoms with van der Waals surface area (Å²) >= 11 is 1.53. The van der Waals surface area contributed by atoms with Gasteiger partial charge in [-0.3, -0.25) is 0 Å². The van der Waals surface area contributed by atoms with Crippen molar-refractivity contribution in [3.63, 3.8) is 0 Å². The van der Waals surface area contributed by atoms with Gasteiger partial charge in [0, 0.05) is 7.05 Å². The number of aromatic nitrogens is 3. The fraction of sp³-hybridized carbons (Fsp3) is 0.143. The Kier molecular flexibility index (Phi) is 3.13. The van der Waals surface area contributed by atoms with Crippen molar-refractivity contribution < 1.29 is 0 Å². The van der Waals surface area contributed by atoms with Gasteiger partial charge in [0.1, 0.15) is 10.8 Å². The fourth-order valence-corrected chi connectivity index (χ4v) is 2.65. The van der Waals surface area contributed by atoms with Crippen LogP contribution in [0.3, 0.4) is 0 Å². The van der Waals surface area contributed by atoms with Crippen molar-refractivity contribution >= 4 is 28.6 Å². The van der Waals surface area contributed by atoms with Gasteiger partial charge in [-0.15, -0.1) is 0 Å². The molecule has 4 nitrogen and oxygen atoms in total. The van der Waals surface area contributed by atoms with Gasteiger partial charge in [0.25, 0.3) is 0 Å². The van der Waals surface area contributed by atoms with Crippen molar-refractivity contribution in [3.8, 4) is 0 Å². The lowest BCUT2D eigenvalue weighted by atomic mass is 10.2. The lowest BCUT2D eigenvalue weighted by molar-refractivity contribution is 1.06. The third-order valence-corrected chi connectivity index (χ3v) is 3.62. The quantitative estimate of drug-likeness (QED) is 0.765. The summed E-state index contributed by atoms with van der Waals surface area (Å²) in [5, 5.41) is 4.81. The zero-order chi connectivity index (χ0) is 13.2. The molecule has 0 spiro atoms. The van der Waals surface area contributed by atoms with E-state index < -0.39 is 0 Å². The summed E-state index contributed by atoms with van der Waals surface area (Å²) < 4.78 is 0. The third-order valence-electron chi connectivity index (χ3n) is 2.80. The molecule has 0 atom stereocenters. The Bertz CT molecular complexity index is 720. The van der Waals surface area contributed by atoms with Gasteiger partial charge in [-0.1, -0.05) is 12.1 Å². The SMILES string of the molecule is CNc1cccc(Sc2nc3ccc(C)cc3[nH]2)n1.